The summed E-state index contributed by atoms with van der Waals surface area (Å²) in [5, 5.41) is 24.9. The van der Waals surface area contributed by atoms with Crippen molar-refractivity contribution in [2.45, 2.75) is 30.9 Å². The van der Waals surface area contributed by atoms with E-state index < -0.39 is 12.1 Å². The van der Waals surface area contributed by atoms with Gasteiger partial charge in [0.2, 0.25) is 0 Å². The predicted molar refractivity (Wildman–Crippen MR) is 101 cm³/mol. The molecular formula is C19H16BrFN4O3. The Hall–Kier alpha value is -2.52. The van der Waals surface area contributed by atoms with Crippen LogP contribution in [0.2, 0.25) is 0 Å². The van der Waals surface area contributed by atoms with Gasteiger partial charge < -0.3 is 14.8 Å². The van der Waals surface area contributed by atoms with Gasteiger partial charge in [-0.2, -0.15) is 5.10 Å². The smallest absolute Gasteiger partial charge is 0.356 e. The minimum atomic E-state index is -1.21. The Balaban J connectivity index is 1.80. The molecule has 1 unspecified atom stereocenters. The lowest BCUT2D eigenvalue weighted by molar-refractivity contribution is 0.0683. The van der Waals surface area contributed by atoms with Crippen molar-refractivity contribution in [1.82, 2.24) is 19.3 Å². The Bertz CT molecular complexity index is 1130. The number of aliphatic hydroxyl groups excluding tert-OH is 1. The molecule has 0 spiro atoms. The van der Waals surface area contributed by atoms with Crippen molar-refractivity contribution in [1.29, 1.82) is 0 Å². The Morgan fingerprint density at radius 1 is 1.39 bits per heavy atom. The van der Waals surface area contributed by atoms with Crippen molar-refractivity contribution in [3.63, 3.8) is 0 Å². The summed E-state index contributed by atoms with van der Waals surface area (Å²) in [5.41, 5.74) is 2.05. The number of carbonyl (C=O) groups is 1. The van der Waals surface area contributed by atoms with Crippen LogP contribution in [0.4, 0.5) is 4.39 Å². The fourth-order valence-electron chi connectivity index (χ4n) is 4.36. The third-order valence-corrected chi connectivity index (χ3v) is 6.41. The van der Waals surface area contributed by atoms with Gasteiger partial charge in [-0.15, -0.1) is 0 Å². The zero-order chi connectivity index (χ0) is 19.7. The largest absolute Gasteiger partial charge is 0.476 e. The number of halogens is 2. The van der Waals surface area contributed by atoms with Gasteiger partial charge in [0.15, 0.2) is 5.69 Å². The molecule has 144 valence electrons. The second-order valence-corrected chi connectivity index (χ2v) is 8.16. The molecule has 3 aromatic rings. The van der Waals surface area contributed by atoms with Crippen LogP contribution < -0.4 is 0 Å². The van der Waals surface area contributed by atoms with E-state index in [0.29, 0.717) is 21.6 Å². The number of carboxylic acids is 1. The number of aromatic carboxylic acids is 1. The maximum absolute atomic E-state index is 14.2. The molecule has 1 aliphatic carbocycles. The first-order valence-electron chi connectivity index (χ1n) is 8.87. The second kappa shape index (κ2) is 5.99. The van der Waals surface area contributed by atoms with Crippen LogP contribution in [0.5, 0.6) is 0 Å². The van der Waals surface area contributed by atoms with E-state index in [1.54, 1.807) is 25.4 Å². The molecule has 4 heterocycles. The highest BCUT2D eigenvalue weighted by atomic mass is 79.9. The summed E-state index contributed by atoms with van der Waals surface area (Å²) < 4.78 is 17.8. The zero-order valence-electron chi connectivity index (χ0n) is 14.8. The summed E-state index contributed by atoms with van der Waals surface area (Å²) in [4.78, 5) is 16.3. The van der Waals surface area contributed by atoms with Gasteiger partial charge in [-0.1, -0.05) is 0 Å². The maximum atomic E-state index is 14.2. The average molecular weight is 447 g/mol. The predicted octanol–water partition coefficient (Wildman–Crippen LogP) is 3.40. The molecule has 2 aromatic heterocycles. The lowest BCUT2D eigenvalue weighted by atomic mass is 9.75. The van der Waals surface area contributed by atoms with Gasteiger partial charge in [0.25, 0.3) is 0 Å². The standard InChI is InChI=1S/C19H16BrFN4O3/c1-24-14(2-3-22-24)17(26)16-15(19(27)28)23-18-11-6-12(20)13(21)7-10(11)8-4-9(5-8)25(16)18/h2-3,6-9,17,26H,4-5H2,1H3,(H,27,28). The number of imidazole rings is 1. The van der Waals surface area contributed by atoms with Crippen molar-refractivity contribution in [2.75, 3.05) is 0 Å². The highest BCUT2D eigenvalue weighted by Crippen LogP contribution is 2.54. The Morgan fingerprint density at radius 2 is 2.14 bits per heavy atom. The molecule has 1 aromatic carbocycles. The van der Waals surface area contributed by atoms with Gasteiger partial charge in [-0.05, 0) is 58.5 Å². The average Bonchev–Trinajstić information content (AvgIpc) is 3.15. The monoisotopic (exact) mass is 446 g/mol. The van der Waals surface area contributed by atoms with Crippen molar-refractivity contribution in [2.24, 2.45) is 7.05 Å². The molecule has 2 N–H and O–H groups in total. The SMILES string of the molecule is Cn1nccc1C(O)c1c(C(=O)O)nc2n1C1CC(C1)c1cc(F)c(Br)cc1-2. The highest BCUT2D eigenvalue weighted by Gasteiger charge is 2.43. The summed E-state index contributed by atoms with van der Waals surface area (Å²) in [5.74, 6) is -0.917. The van der Waals surface area contributed by atoms with Gasteiger partial charge in [0, 0.05) is 24.8 Å². The zero-order valence-corrected chi connectivity index (χ0v) is 16.4. The highest BCUT2D eigenvalue weighted by molar-refractivity contribution is 9.10. The lowest BCUT2D eigenvalue weighted by Crippen LogP contribution is -2.26. The Morgan fingerprint density at radius 3 is 2.79 bits per heavy atom. The van der Waals surface area contributed by atoms with Crippen molar-refractivity contribution >= 4 is 21.9 Å². The van der Waals surface area contributed by atoms with E-state index in [0.717, 1.165) is 18.4 Å². The van der Waals surface area contributed by atoms with E-state index in [1.807, 2.05) is 4.57 Å². The number of aryl methyl sites for hydroxylation is 1. The second-order valence-electron chi connectivity index (χ2n) is 7.30. The van der Waals surface area contributed by atoms with Gasteiger partial charge >= 0.3 is 5.97 Å². The molecule has 6 rings (SSSR count). The van der Waals surface area contributed by atoms with Crippen LogP contribution >= 0.6 is 15.9 Å². The molecule has 0 radical (unpaired) electrons. The number of hydrogen-bond acceptors (Lipinski definition) is 4. The Kier molecular flexibility index (Phi) is 3.76. The molecule has 2 aliphatic heterocycles. The lowest BCUT2D eigenvalue weighted by Gasteiger charge is -2.36. The topological polar surface area (TPSA) is 93.2 Å². The summed E-state index contributed by atoms with van der Waals surface area (Å²) in [6.07, 6.45) is 1.86. The van der Waals surface area contributed by atoms with Gasteiger partial charge in [-0.3, -0.25) is 4.68 Å². The first kappa shape index (κ1) is 17.6. The normalized spacial score (nSPS) is 20.7. The third-order valence-electron chi connectivity index (χ3n) is 5.80. The first-order chi connectivity index (χ1) is 13.4. The number of hydrogen-bond donors (Lipinski definition) is 2. The van der Waals surface area contributed by atoms with Crippen LogP contribution in [0.1, 0.15) is 58.3 Å². The summed E-state index contributed by atoms with van der Waals surface area (Å²) in [6.45, 7) is 0. The first-order valence-corrected chi connectivity index (χ1v) is 9.66. The molecule has 9 heteroatoms. The number of rotatable bonds is 3. The Labute approximate surface area is 167 Å². The summed E-state index contributed by atoms with van der Waals surface area (Å²) >= 11 is 3.22. The summed E-state index contributed by atoms with van der Waals surface area (Å²) in [7, 11) is 1.69. The molecule has 0 saturated heterocycles. The molecule has 28 heavy (non-hydrogen) atoms. The minimum absolute atomic E-state index is 0.00714. The van der Waals surface area contributed by atoms with E-state index in [9.17, 15) is 19.4 Å². The van der Waals surface area contributed by atoms with Crippen molar-refractivity contribution in [3.05, 3.63) is 57.3 Å². The maximum Gasteiger partial charge on any atom is 0.356 e. The van der Waals surface area contributed by atoms with Crippen LogP contribution in [0.3, 0.4) is 0 Å². The quantitative estimate of drug-likeness (QED) is 0.642. The van der Waals surface area contributed by atoms with Crippen LogP contribution in [0.25, 0.3) is 11.4 Å². The van der Waals surface area contributed by atoms with Crippen LogP contribution in [-0.4, -0.2) is 35.5 Å². The molecule has 7 nitrogen and oxygen atoms in total. The van der Waals surface area contributed by atoms with Crippen LogP contribution in [0, 0.1) is 5.82 Å². The molecule has 0 amide bonds. The summed E-state index contributed by atoms with van der Waals surface area (Å²) in [6, 6.07) is 4.81. The van der Waals surface area contributed by atoms with E-state index in [1.165, 1.54) is 10.7 Å². The molecule has 3 aliphatic rings. The molecular weight excluding hydrogens is 431 g/mol. The van der Waals surface area contributed by atoms with Crippen molar-refractivity contribution in [3.8, 4) is 11.4 Å². The van der Waals surface area contributed by atoms with Gasteiger partial charge in [-0.25, -0.2) is 14.2 Å². The van der Waals surface area contributed by atoms with E-state index in [-0.39, 0.29) is 29.2 Å². The minimum Gasteiger partial charge on any atom is -0.476 e. The van der Waals surface area contributed by atoms with Crippen LogP contribution in [0.15, 0.2) is 28.9 Å². The third kappa shape index (κ3) is 2.32. The number of carboxylic acid groups (broad SMARTS) is 1. The molecule has 1 atom stereocenters. The number of benzene rings is 1. The van der Waals surface area contributed by atoms with Gasteiger partial charge in [0.1, 0.15) is 17.7 Å². The van der Waals surface area contributed by atoms with E-state index in [4.69, 9.17) is 0 Å². The van der Waals surface area contributed by atoms with E-state index in [2.05, 4.69) is 26.0 Å². The van der Waals surface area contributed by atoms with E-state index >= 15 is 0 Å². The van der Waals surface area contributed by atoms with Crippen molar-refractivity contribution < 1.29 is 19.4 Å². The number of aromatic nitrogens is 4. The fraction of sp³-hybridized carbons (Fsp3) is 0.316. The fourth-order valence-corrected chi connectivity index (χ4v) is 4.71. The number of aliphatic hydroxyl groups is 1. The number of nitrogens with zero attached hydrogens (tertiary/aromatic N) is 4. The molecule has 1 fully saturated rings. The van der Waals surface area contributed by atoms with Crippen LogP contribution in [-0.2, 0) is 7.05 Å². The molecule has 1 saturated carbocycles. The van der Waals surface area contributed by atoms with Gasteiger partial charge in [0.05, 0.1) is 15.9 Å². The molecule has 2 bridgehead atoms.